The van der Waals surface area contributed by atoms with Gasteiger partial charge in [0.1, 0.15) is 0 Å². The fourth-order valence-electron chi connectivity index (χ4n) is 4.41. The summed E-state index contributed by atoms with van der Waals surface area (Å²) in [5.41, 5.74) is 0. The third kappa shape index (κ3) is 50.7. The molecular formula is C34H74O2. The minimum absolute atomic E-state index is 0.195. The molecule has 0 fully saturated rings. The lowest BCUT2D eigenvalue weighted by atomic mass is 10.1. The molecule has 0 unspecified atom stereocenters. The molecule has 0 aliphatic heterocycles. The first-order valence-corrected chi connectivity index (χ1v) is 17.0. The van der Waals surface area contributed by atoms with Crippen LogP contribution in [0.3, 0.4) is 0 Å². The zero-order valence-electron chi connectivity index (χ0n) is 26.1. The van der Waals surface area contributed by atoms with Crippen molar-refractivity contribution in [2.24, 2.45) is 0 Å². The van der Waals surface area contributed by atoms with Crippen molar-refractivity contribution in [3.63, 3.8) is 0 Å². The van der Waals surface area contributed by atoms with Crippen molar-refractivity contribution in [3.05, 3.63) is 0 Å². The summed E-state index contributed by atoms with van der Waals surface area (Å²) < 4.78 is 0. The molecule has 0 atom stereocenters. The van der Waals surface area contributed by atoms with Gasteiger partial charge in [-0.05, 0) is 12.8 Å². The largest absolute Gasteiger partial charge is 0.396 e. The third-order valence-corrected chi connectivity index (χ3v) is 6.98. The number of aliphatic hydroxyl groups is 2. The maximum Gasteiger partial charge on any atom is 0.0431 e. The van der Waals surface area contributed by atoms with Gasteiger partial charge in [-0.3, -0.25) is 0 Å². The second-order valence-corrected chi connectivity index (χ2v) is 10.9. The van der Waals surface area contributed by atoms with Crippen molar-refractivity contribution in [2.75, 3.05) is 13.2 Å². The second kappa shape index (κ2) is 44.9. The first-order valence-electron chi connectivity index (χ1n) is 17.0. The van der Waals surface area contributed by atoms with Crippen LogP contribution in [0.15, 0.2) is 0 Å². The molecule has 0 aromatic rings. The van der Waals surface area contributed by atoms with Crippen LogP contribution in [0.5, 0.6) is 0 Å². The minimum Gasteiger partial charge on any atom is -0.396 e. The van der Waals surface area contributed by atoms with Gasteiger partial charge in [0, 0.05) is 13.2 Å². The summed E-state index contributed by atoms with van der Waals surface area (Å²) >= 11 is 0. The highest BCUT2D eigenvalue weighted by Crippen LogP contribution is 2.13. The highest BCUT2D eigenvalue weighted by molar-refractivity contribution is 4.49. The summed E-state index contributed by atoms with van der Waals surface area (Å²) in [4.78, 5) is 0. The minimum atomic E-state index is 0.195. The Balaban J connectivity index is -0.000000495. The zero-order chi connectivity index (χ0) is 27.2. The molecule has 0 amide bonds. The van der Waals surface area contributed by atoms with E-state index in [1.54, 1.807) is 0 Å². The third-order valence-electron chi connectivity index (χ3n) is 6.98. The monoisotopic (exact) mass is 515 g/mol. The van der Waals surface area contributed by atoms with E-state index in [0.29, 0.717) is 0 Å². The highest BCUT2D eigenvalue weighted by atomic mass is 16.3. The van der Waals surface area contributed by atoms with Crippen LogP contribution in [0.1, 0.15) is 207 Å². The Hall–Kier alpha value is -0.0800. The molecule has 2 nitrogen and oxygen atoms in total. The molecule has 0 saturated heterocycles. The van der Waals surface area contributed by atoms with E-state index in [0.717, 1.165) is 12.8 Å². The molecule has 0 aromatic carbocycles. The molecule has 36 heavy (non-hydrogen) atoms. The molecule has 0 aliphatic rings. The van der Waals surface area contributed by atoms with Crippen LogP contribution in [-0.2, 0) is 0 Å². The van der Waals surface area contributed by atoms with Gasteiger partial charge in [-0.15, -0.1) is 0 Å². The average Bonchev–Trinajstić information content (AvgIpc) is 2.90. The van der Waals surface area contributed by atoms with E-state index in [1.807, 2.05) is 0 Å². The Morgan fingerprint density at radius 2 is 0.361 bits per heavy atom. The second-order valence-electron chi connectivity index (χ2n) is 10.9. The van der Waals surface area contributed by atoms with Crippen LogP contribution in [0.4, 0.5) is 0 Å². The molecule has 0 bridgehead atoms. The summed E-state index contributed by atoms with van der Waals surface area (Å²) in [5.74, 6) is 0. The van der Waals surface area contributed by atoms with Crippen molar-refractivity contribution < 1.29 is 10.2 Å². The Kier molecular flexibility index (Phi) is 50.4. The Labute approximate surface area is 230 Å². The van der Waals surface area contributed by atoms with E-state index in [2.05, 4.69) is 27.7 Å². The predicted molar refractivity (Wildman–Crippen MR) is 166 cm³/mol. The summed E-state index contributed by atoms with van der Waals surface area (Å²) in [6.07, 6.45) is 39.3. The molecule has 0 radical (unpaired) electrons. The van der Waals surface area contributed by atoms with Gasteiger partial charge in [0.2, 0.25) is 0 Å². The Morgan fingerprint density at radius 1 is 0.222 bits per heavy atom. The summed E-state index contributed by atoms with van der Waals surface area (Å²) in [6, 6.07) is 0. The van der Waals surface area contributed by atoms with Gasteiger partial charge in [-0.1, -0.05) is 195 Å². The van der Waals surface area contributed by atoms with Gasteiger partial charge in [0.15, 0.2) is 0 Å². The smallest absolute Gasteiger partial charge is 0.0431 e. The van der Waals surface area contributed by atoms with E-state index in [1.165, 1.54) is 167 Å². The summed E-state index contributed by atoms with van der Waals surface area (Å²) in [5, 5.41) is 16.2. The van der Waals surface area contributed by atoms with Gasteiger partial charge in [0.25, 0.3) is 0 Å². The van der Waals surface area contributed by atoms with Crippen molar-refractivity contribution >= 4 is 0 Å². The SMILES string of the molecule is CCCCCCCCCCCCCCC.CCCCCCCCCCCCCCC.OCCCCO. The fraction of sp³-hybridized carbons (Fsp3) is 1.00. The standard InChI is InChI=1S/2C15H32.C4H10O2/c2*1-3-5-7-9-11-13-15-14-12-10-8-6-4-2;5-3-1-2-4-6/h2*3-15H2,1-2H3;5-6H,1-4H2. The van der Waals surface area contributed by atoms with E-state index in [4.69, 9.17) is 10.2 Å². The van der Waals surface area contributed by atoms with E-state index >= 15 is 0 Å². The number of rotatable bonds is 27. The van der Waals surface area contributed by atoms with Crippen LogP contribution in [0.2, 0.25) is 0 Å². The normalized spacial score (nSPS) is 10.5. The molecule has 2 N–H and O–H groups in total. The maximum atomic E-state index is 8.09. The Bertz CT molecular complexity index is 252. The first kappa shape index (κ1) is 40.4. The maximum absolute atomic E-state index is 8.09. The van der Waals surface area contributed by atoms with E-state index in [9.17, 15) is 0 Å². The number of hydrogen-bond donors (Lipinski definition) is 2. The summed E-state index contributed by atoms with van der Waals surface area (Å²) in [7, 11) is 0. The van der Waals surface area contributed by atoms with Crippen molar-refractivity contribution in [3.8, 4) is 0 Å². The van der Waals surface area contributed by atoms with Gasteiger partial charge < -0.3 is 10.2 Å². The van der Waals surface area contributed by atoms with Crippen molar-refractivity contribution in [1.82, 2.24) is 0 Å². The lowest BCUT2D eigenvalue weighted by molar-refractivity contribution is 0.242. The molecule has 0 aliphatic carbocycles. The first-order chi connectivity index (χ1) is 17.7. The average molecular weight is 515 g/mol. The van der Waals surface area contributed by atoms with Crippen LogP contribution in [0.25, 0.3) is 0 Å². The van der Waals surface area contributed by atoms with Crippen molar-refractivity contribution in [1.29, 1.82) is 0 Å². The van der Waals surface area contributed by atoms with Gasteiger partial charge in [-0.25, -0.2) is 0 Å². The zero-order valence-corrected chi connectivity index (χ0v) is 26.1. The van der Waals surface area contributed by atoms with Crippen LogP contribution in [0, 0.1) is 0 Å². The highest BCUT2D eigenvalue weighted by Gasteiger charge is 1.93. The fourth-order valence-corrected chi connectivity index (χ4v) is 4.41. The van der Waals surface area contributed by atoms with Crippen LogP contribution < -0.4 is 0 Å². The molecule has 0 rings (SSSR count). The molecule has 0 spiro atoms. The van der Waals surface area contributed by atoms with Gasteiger partial charge in [-0.2, -0.15) is 0 Å². The molecule has 222 valence electrons. The molecule has 0 aromatic heterocycles. The number of hydrogen-bond acceptors (Lipinski definition) is 2. The van der Waals surface area contributed by atoms with Crippen LogP contribution in [-0.4, -0.2) is 23.4 Å². The Morgan fingerprint density at radius 3 is 0.472 bits per heavy atom. The lowest BCUT2D eigenvalue weighted by Crippen LogP contribution is -1.85. The lowest BCUT2D eigenvalue weighted by Gasteiger charge is -2.01. The molecule has 0 heterocycles. The van der Waals surface area contributed by atoms with Gasteiger partial charge in [0.05, 0.1) is 0 Å². The molecule has 0 saturated carbocycles. The topological polar surface area (TPSA) is 40.5 Å². The van der Waals surface area contributed by atoms with Crippen LogP contribution >= 0.6 is 0 Å². The quantitative estimate of drug-likeness (QED) is 0.107. The van der Waals surface area contributed by atoms with E-state index in [-0.39, 0.29) is 13.2 Å². The van der Waals surface area contributed by atoms with Gasteiger partial charge >= 0.3 is 0 Å². The molecular weight excluding hydrogens is 440 g/mol. The predicted octanol–water partition coefficient (Wildman–Crippen LogP) is 11.9. The number of unbranched alkanes of at least 4 members (excludes halogenated alkanes) is 25. The molecule has 2 heteroatoms. The van der Waals surface area contributed by atoms with E-state index < -0.39 is 0 Å². The van der Waals surface area contributed by atoms with Crippen molar-refractivity contribution in [2.45, 2.75) is 207 Å². The summed E-state index contributed by atoms with van der Waals surface area (Å²) in [6.45, 7) is 9.54. The number of aliphatic hydroxyl groups excluding tert-OH is 2.